The highest BCUT2D eigenvalue weighted by Crippen LogP contribution is 2.19. The maximum Gasteiger partial charge on any atom is 0.116 e. The van der Waals surface area contributed by atoms with Crippen molar-refractivity contribution in [2.24, 2.45) is 5.73 Å². The number of fused-ring (bicyclic) bond motifs is 1. The number of hydrogen-bond donors (Lipinski definition) is 1. The van der Waals surface area contributed by atoms with E-state index < -0.39 is 0 Å². The lowest BCUT2D eigenvalue weighted by atomic mass is 10.1. The van der Waals surface area contributed by atoms with Crippen molar-refractivity contribution in [3.8, 4) is 0 Å². The highest BCUT2D eigenvalue weighted by molar-refractivity contribution is 6.31. The van der Waals surface area contributed by atoms with Crippen molar-refractivity contribution >= 4 is 22.5 Å². The van der Waals surface area contributed by atoms with Crippen LogP contribution >= 0.6 is 11.6 Å². The van der Waals surface area contributed by atoms with Crippen molar-refractivity contribution in [2.75, 3.05) is 6.54 Å². The van der Waals surface area contributed by atoms with Gasteiger partial charge in [0.05, 0.1) is 11.2 Å². The Morgan fingerprint density at radius 2 is 2.14 bits per heavy atom. The standard InChI is InChI=1S/C10H10ClN3/c11-7-1-2-8-9(3-4-12)13-6-14-10(8)5-7/h1-2,5-6H,3-4,12H2. The van der Waals surface area contributed by atoms with E-state index in [4.69, 9.17) is 17.3 Å². The Kier molecular flexibility index (Phi) is 2.61. The molecule has 3 nitrogen and oxygen atoms in total. The Balaban J connectivity index is 2.62. The molecule has 2 aromatic rings. The fraction of sp³-hybridized carbons (Fsp3) is 0.200. The number of hydrogen-bond acceptors (Lipinski definition) is 3. The summed E-state index contributed by atoms with van der Waals surface area (Å²) >= 11 is 5.86. The van der Waals surface area contributed by atoms with E-state index in [0.717, 1.165) is 23.0 Å². The van der Waals surface area contributed by atoms with E-state index in [1.54, 1.807) is 6.33 Å². The van der Waals surface area contributed by atoms with Gasteiger partial charge in [-0.25, -0.2) is 9.97 Å². The van der Waals surface area contributed by atoms with Gasteiger partial charge in [0.1, 0.15) is 6.33 Å². The Labute approximate surface area is 86.9 Å². The second-order valence-corrected chi connectivity index (χ2v) is 3.46. The zero-order valence-corrected chi connectivity index (χ0v) is 8.33. The Bertz CT molecular complexity index is 456. The van der Waals surface area contributed by atoms with Crippen LogP contribution in [0.4, 0.5) is 0 Å². The number of nitrogens with two attached hydrogens (primary N) is 1. The van der Waals surface area contributed by atoms with Crippen LogP contribution in [0.1, 0.15) is 5.69 Å². The molecule has 0 fully saturated rings. The molecule has 1 aromatic carbocycles. The van der Waals surface area contributed by atoms with Gasteiger partial charge in [0, 0.05) is 16.8 Å². The van der Waals surface area contributed by atoms with Gasteiger partial charge in [0.25, 0.3) is 0 Å². The average molecular weight is 208 g/mol. The van der Waals surface area contributed by atoms with Crippen molar-refractivity contribution in [1.82, 2.24) is 9.97 Å². The SMILES string of the molecule is NCCc1ncnc2cc(Cl)ccc12. The van der Waals surface area contributed by atoms with Crippen LogP contribution < -0.4 is 5.73 Å². The van der Waals surface area contributed by atoms with Gasteiger partial charge in [-0.15, -0.1) is 0 Å². The van der Waals surface area contributed by atoms with E-state index >= 15 is 0 Å². The zero-order chi connectivity index (χ0) is 9.97. The minimum Gasteiger partial charge on any atom is -0.330 e. The molecule has 0 amide bonds. The molecule has 14 heavy (non-hydrogen) atoms. The molecule has 0 spiro atoms. The summed E-state index contributed by atoms with van der Waals surface area (Å²) in [4.78, 5) is 8.34. The van der Waals surface area contributed by atoms with Gasteiger partial charge in [-0.2, -0.15) is 0 Å². The molecule has 0 unspecified atom stereocenters. The van der Waals surface area contributed by atoms with E-state index in [2.05, 4.69) is 9.97 Å². The molecule has 0 bridgehead atoms. The Hall–Kier alpha value is -1.19. The number of rotatable bonds is 2. The van der Waals surface area contributed by atoms with Crippen molar-refractivity contribution in [3.05, 3.63) is 35.2 Å². The van der Waals surface area contributed by atoms with Crippen molar-refractivity contribution in [2.45, 2.75) is 6.42 Å². The molecule has 4 heteroatoms. The summed E-state index contributed by atoms with van der Waals surface area (Å²) in [6.07, 6.45) is 2.31. The molecule has 72 valence electrons. The maximum atomic E-state index is 5.86. The fourth-order valence-corrected chi connectivity index (χ4v) is 1.59. The molecule has 1 aromatic heterocycles. The first-order valence-corrected chi connectivity index (χ1v) is 4.78. The largest absolute Gasteiger partial charge is 0.330 e. The van der Waals surface area contributed by atoms with E-state index in [9.17, 15) is 0 Å². The van der Waals surface area contributed by atoms with Gasteiger partial charge in [-0.05, 0) is 24.7 Å². The highest BCUT2D eigenvalue weighted by atomic mass is 35.5. The van der Waals surface area contributed by atoms with Crippen LogP contribution in [0.2, 0.25) is 5.02 Å². The summed E-state index contributed by atoms with van der Waals surface area (Å²) in [6.45, 7) is 0.592. The first-order valence-electron chi connectivity index (χ1n) is 4.40. The zero-order valence-electron chi connectivity index (χ0n) is 7.57. The van der Waals surface area contributed by atoms with Crippen LogP contribution in [0.15, 0.2) is 24.5 Å². The number of aromatic nitrogens is 2. The lowest BCUT2D eigenvalue weighted by molar-refractivity contribution is 0.926. The predicted molar refractivity (Wildman–Crippen MR) is 57.3 cm³/mol. The third kappa shape index (κ3) is 1.69. The first-order chi connectivity index (χ1) is 6.81. The van der Waals surface area contributed by atoms with Crippen molar-refractivity contribution in [1.29, 1.82) is 0 Å². The monoisotopic (exact) mass is 207 g/mol. The van der Waals surface area contributed by atoms with E-state index in [1.807, 2.05) is 18.2 Å². The fourth-order valence-electron chi connectivity index (χ4n) is 1.42. The van der Waals surface area contributed by atoms with E-state index in [-0.39, 0.29) is 0 Å². The molecule has 0 saturated heterocycles. The van der Waals surface area contributed by atoms with Crippen LogP contribution in [0.5, 0.6) is 0 Å². The molecule has 2 N–H and O–H groups in total. The number of halogens is 1. The van der Waals surface area contributed by atoms with Crippen molar-refractivity contribution < 1.29 is 0 Å². The lowest BCUT2D eigenvalue weighted by Gasteiger charge is -2.03. The summed E-state index contributed by atoms with van der Waals surface area (Å²) < 4.78 is 0. The van der Waals surface area contributed by atoms with Gasteiger partial charge < -0.3 is 5.73 Å². The van der Waals surface area contributed by atoms with Crippen molar-refractivity contribution in [3.63, 3.8) is 0 Å². The third-order valence-electron chi connectivity index (χ3n) is 2.06. The summed E-state index contributed by atoms with van der Waals surface area (Å²) in [5.74, 6) is 0. The normalized spacial score (nSPS) is 10.7. The number of nitrogens with zero attached hydrogens (tertiary/aromatic N) is 2. The third-order valence-corrected chi connectivity index (χ3v) is 2.30. The Morgan fingerprint density at radius 1 is 1.29 bits per heavy atom. The quantitative estimate of drug-likeness (QED) is 0.817. The second kappa shape index (κ2) is 3.90. The van der Waals surface area contributed by atoms with Crippen LogP contribution in [-0.4, -0.2) is 16.5 Å². The average Bonchev–Trinajstić information content (AvgIpc) is 2.18. The van der Waals surface area contributed by atoms with Gasteiger partial charge in [-0.3, -0.25) is 0 Å². The van der Waals surface area contributed by atoms with Crippen LogP contribution in [0.3, 0.4) is 0 Å². The highest BCUT2D eigenvalue weighted by Gasteiger charge is 2.02. The van der Waals surface area contributed by atoms with E-state index in [0.29, 0.717) is 11.6 Å². The van der Waals surface area contributed by atoms with Gasteiger partial charge in [0.2, 0.25) is 0 Å². The topological polar surface area (TPSA) is 51.8 Å². The number of benzene rings is 1. The molecule has 0 aliphatic heterocycles. The van der Waals surface area contributed by atoms with Crippen LogP contribution in [0, 0.1) is 0 Å². The van der Waals surface area contributed by atoms with Crippen LogP contribution in [0.25, 0.3) is 10.9 Å². The van der Waals surface area contributed by atoms with Crippen LogP contribution in [-0.2, 0) is 6.42 Å². The lowest BCUT2D eigenvalue weighted by Crippen LogP contribution is -2.05. The van der Waals surface area contributed by atoms with E-state index in [1.165, 1.54) is 0 Å². The molecular formula is C10H10ClN3. The maximum absolute atomic E-state index is 5.86. The predicted octanol–water partition coefficient (Wildman–Crippen LogP) is 1.78. The minimum absolute atomic E-state index is 0.592. The summed E-state index contributed by atoms with van der Waals surface area (Å²) in [7, 11) is 0. The molecule has 0 atom stereocenters. The molecule has 0 aliphatic rings. The molecule has 2 rings (SSSR count). The molecule has 1 heterocycles. The summed E-state index contributed by atoms with van der Waals surface area (Å²) in [6, 6.07) is 5.61. The van der Waals surface area contributed by atoms with Gasteiger partial charge in [-0.1, -0.05) is 11.6 Å². The minimum atomic E-state index is 0.592. The summed E-state index contributed by atoms with van der Waals surface area (Å²) in [5, 5.41) is 1.72. The molecule has 0 aliphatic carbocycles. The molecule has 0 radical (unpaired) electrons. The smallest absolute Gasteiger partial charge is 0.116 e. The van der Waals surface area contributed by atoms with Gasteiger partial charge in [0.15, 0.2) is 0 Å². The second-order valence-electron chi connectivity index (χ2n) is 3.02. The Morgan fingerprint density at radius 3 is 2.93 bits per heavy atom. The molecular weight excluding hydrogens is 198 g/mol. The summed E-state index contributed by atoms with van der Waals surface area (Å²) in [5.41, 5.74) is 7.35. The molecule has 0 saturated carbocycles. The van der Waals surface area contributed by atoms with Gasteiger partial charge >= 0.3 is 0 Å². The first kappa shape index (κ1) is 9.37.